The number of carbonyl (C=O) groups is 1. The summed E-state index contributed by atoms with van der Waals surface area (Å²) < 4.78 is 11.1. The van der Waals surface area contributed by atoms with Crippen LogP contribution in [0.2, 0.25) is 0 Å². The molecule has 0 heterocycles. The molecule has 0 aromatic heterocycles. The molecule has 2 N–H and O–H groups in total. The van der Waals surface area contributed by atoms with Crippen LogP contribution in [0.5, 0.6) is 11.5 Å². The van der Waals surface area contributed by atoms with Gasteiger partial charge < -0.3 is 14.8 Å². The van der Waals surface area contributed by atoms with Gasteiger partial charge >= 0.3 is 0 Å². The number of thiocarbonyl (C=S) groups is 1. The van der Waals surface area contributed by atoms with Crippen molar-refractivity contribution < 1.29 is 14.3 Å². The fourth-order valence-corrected chi connectivity index (χ4v) is 2.48. The van der Waals surface area contributed by atoms with Crippen molar-refractivity contribution in [3.05, 3.63) is 66.7 Å². The van der Waals surface area contributed by atoms with Crippen LogP contribution < -0.4 is 20.1 Å². The van der Waals surface area contributed by atoms with Crippen LogP contribution in [0.3, 0.4) is 0 Å². The highest BCUT2D eigenvalue weighted by Crippen LogP contribution is 2.16. The highest BCUT2D eigenvalue weighted by molar-refractivity contribution is 7.80. The molecule has 6 heteroatoms. The van der Waals surface area contributed by atoms with Gasteiger partial charge in [-0.05, 0) is 67.0 Å². The third kappa shape index (κ3) is 7.40. The number of rotatable bonds is 9. The summed E-state index contributed by atoms with van der Waals surface area (Å²) in [7, 11) is 0. The van der Waals surface area contributed by atoms with E-state index in [2.05, 4.69) is 31.1 Å². The van der Waals surface area contributed by atoms with Crippen molar-refractivity contribution in [1.82, 2.24) is 5.32 Å². The smallest absolute Gasteiger partial charge is 0.257 e. The Hall–Kier alpha value is -2.86. The Kier molecular flexibility index (Phi) is 8.49. The lowest BCUT2D eigenvalue weighted by molar-refractivity contribution is 0.0977. The molecule has 5 nitrogen and oxygen atoms in total. The Morgan fingerprint density at radius 3 is 2.57 bits per heavy atom. The molecule has 0 spiro atoms. The van der Waals surface area contributed by atoms with E-state index in [9.17, 15) is 4.79 Å². The van der Waals surface area contributed by atoms with Gasteiger partial charge in [-0.2, -0.15) is 0 Å². The molecule has 0 bridgehead atoms. The van der Waals surface area contributed by atoms with Crippen molar-refractivity contribution in [1.29, 1.82) is 0 Å². The molecule has 0 atom stereocenters. The van der Waals surface area contributed by atoms with E-state index in [4.69, 9.17) is 21.7 Å². The van der Waals surface area contributed by atoms with Crippen LogP contribution >= 0.6 is 12.2 Å². The SMILES string of the molecule is C=CCOc1ccc(NC(=S)NC(=O)c2cccc(OCCC(C)C)c2)cc1. The molecule has 0 aliphatic heterocycles. The van der Waals surface area contributed by atoms with Crippen molar-refractivity contribution in [3.8, 4) is 11.5 Å². The van der Waals surface area contributed by atoms with Gasteiger partial charge in [-0.25, -0.2) is 0 Å². The summed E-state index contributed by atoms with van der Waals surface area (Å²) in [5.74, 6) is 1.67. The van der Waals surface area contributed by atoms with E-state index in [-0.39, 0.29) is 11.0 Å². The van der Waals surface area contributed by atoms with Gasteiger partial charge in [0.25, 0.3) is 5.91 Å². The first-order valence-corrected chi connectivity index (χ1v) is 9.57. The molecule has 0 aliphatic rings. The first kappa shape index (κ1) is 21.4. The normalized spacial score (nSPS) is 10.2. The molecule has 0 radical (unpaired) electrons. The number of anilines is 1. The number of benzene rings is 2. The number of nitrogens with one attached hydrogen (secondary N) is 2. The Bertz CT molecular complexity index is 804. The van der Waals surface area contributed by atoms with E-state index in [1.165, 1.54) is 0 Å². The maximum absolute atomic E-state index is 12.4. The summed E-state index contributed by atoms with van der Waals surface area (Å²) in [5.41, 5.74) is 1.24. The molecule has 0 saturated heterocycles. The summed E-state index contributed by atoms with van der Waals surface area (Å²) in [6.45, 7) is 8.96. The van der Waals surface area contributed by atoms with Crippen molar-refractivity contribution in [2.45, 2.75) is 20.3 Å². The maximum Gasteiger partial charge on any atom is 0.257 e. The Balaban J connectivity index is 1.87. The van der Waals surface area contributed by atoms with Crippen molar-refractivity contribution in [2.75, 3.05) is 18.5 Å². The second kappa shape index (κ2) is 11.1. The van der Waals surface area contributed by atoms with Crippen LogP contribution in [0.25, 0.3) is 0 Å². The largest absolute Gasteiger partial charge is 0.494 e. The second-order valence-electron chi connectivity index (χ2n) is 6.59. The molecule has 2 rings (SSSR count). The fourth-order valence-electron chi connectivity index (χ4n) is 2.27. The molecule has 2 aromatic carbocycles. The third-order valence-electron chi connectivity index (χ3n) is 3.77. The third-order valence-corrected chi connectivity index (χ3v) is 3.97. The number of carbonyl (C=O) groups excluding carboxylic acids is 1. The van der Waals surface area contributed by atoms with Crippen LogP contribution in [-0.2, 0) is 0 Å². The lowest BCUT2D eigenvalue weighted by Gasteiger charge is -2.12. The predicted molar refractivity (Wildman–Crippen MR) is 117 cm³/mol. The number of hydrogen-bond acceptors (Lipinski definition) is 4. The van der Waals surface area contributed by atoms with E-state index < -0.39 is 0 Å². The highest BCUT2D eigenvalue weighted by Gasteiger charge is 2.09. The van der Waals surface area contributed by atoms with E-state index >= 15 is 0 Å². The van der Waals surface area contributed by atoms with Crippen LogP contribution in [0, 0.1) is 5.92 Å². The number of ether oxygens (including phenoxy) is 2. The van der Waals surface area contributed by atoms with E-state index in [0.29, 0.717) is 30.4 Å². The predicted octanol–water partition coefficient (Wildman–Crippen LogP) is 4.80. The summed E-state index contributed by atoms with van der Waals surface area (Å²) in [4.78, 5) is 12.4. The van der Waals surface area contributed by atoms with E-state index in [0.717, 1.165) is 17.9 Å². The van der Waals surface area contributed by atoms with E-state index in [1.807, 2.05) is 30.3 Å². The molecule has 0 fully saturated rings. The molecule has 2 aromatic rings. The lowest BCUT2D eigenvalue weighted by Crippen LogP contribution is -2.34. The summed E-state index contributed by atoms with van der Waals surface area (Å²) >= 11 is 5.23. The van der Waals surface area contributed by atoms with Gasteiger partial charge in [-0.1, -0.05) is 32.6 Å². The average Bonchev–Trinajstić information content (AvgIpc) is 2.67. The molecular weight excluding hydrogens is 372 g/mol. The van der Waals surface area contributed by atoms with Crippen LogP contribution in [0.1, 0.15) is 30.6 Å². The molecule has 148 valence electrons. The quantitative estimate of drug-likeness (QED) is 0.469. The fraction of sp³-hybridized carbons (Fsp3) is 0.273. The van der Waals surface area contributed by atoms with Gasteiger partial charge in [0, 0.05) is 11.3 Å². The maximum atomic E-state index is 12.4. The Labute approximate surface area is 171 Å². The Morgan fingerprint density at radius 1 is 1.14 bits per heavy atom. The zero-order valence-corrected chi connectivity index (χ0v) is 17.1. The summed E-state index contributed by atoms with van der Waals surface area (Å²) in [6, 6.07) is 14.3. The van der Waals surface area contributed by atoms with Crippen LogP contribution in [-0.4, -0.2) is 24.2 Å². The monoisotopic (exact) mass is 398 g/mol. The van der Waals surface area contributed by atoms with Gasteiger partial charge in [0.2, 0.25) is 0 Å². The molecule has 1 amide bonds. The standard InChI is InChI=1S/C22H26N2O3S/c1-4-13-26-19-10-8-18(9-11-19)23-22(28)24-21(25)17-6-5-7-20(15-17)27-14-12-16(2)3/h4-11,15-16H,1,12-14H2,2-3H3,(H2,23,24,25,28). The molecule has 28 heavy (non-hydrogen) atoms. The van der Waals surface area contributed by atoms with Crippen LogP contribution in [0.15, 0.2) is 61.2 Å². The van der Waals surface area contributed by atoms with Crippen LogP contribution in [0.4, 0.5) is 5.69 Å². The average molecular weight is 399 g/mol. The molecular formula is C22H26N2O3S. The minimum Gasteiger partial charge on any atom is -0.494 e. The molecule has 0 saturated carbocycles. The molecule has 0 unspecified atom stereocenters. The minimum absolute atomic E-state index is 0.218. The summed E-state index contributed by atoms with van der Waals surface area (Å²) in [6.07, 6.45) is 2.64. The Morgan fingerprint density at radius 2 is 1.89 bits per heavy atom. The first-order valence-electron chi connectivity index (χ1n) is 9.17. The van der Waals surface area contributed by atoms with Gasteiger partial charge in [0.15, 0.2) is 5.11 Å². The first-order chi connectivity index (χ1) is 13.5. The zero-order valence-electron chi connectivity index (χ0n) is 16.2. The topological polar surface area (TPSA) is 59.6 Å². The number of amides is 1. The van der Waals surface area contributed by atoms with Crippen molar-refractivity contribution in [2.24, 2.45) is 5.92 Å². The van der Waals surface area contributed by atoms with Gasteiger partial charge in [-0.15, -0.1) is 0 Å². The lowest BCUT2D eigenvalue weighted by atomic mass is 10.1. The van der Waals surface area contributed by atoms with Gasteiger partial charge in [-0.3, -0.25) is 10.1 Å². The highest BCUT2D eigenvalue weighted by atomic mass is 32.1. The van der Waals surface area contributed by atoms with E-state index in [1.54, 1.807) is 24.3 Å². The van der Waals surface area contributed by atoms with Crippen molar-refractivity contribution in [3.63, 3.8) is 0 Å². The minimum atomic E-state index is -0.294. The second-order valence-corrected chi connectivity index (χ2v) is 7.00. The number of hydrogen-bond donors (Lipinski definition) is 2. The van der Waals surface area contributed by atoms with Gasteiger partial charge in [0.1, 0.15) is 18.1 Å². The van der Waals surface area contributed by atoms with Gasteiger partial charge in [0.05, 0.1) is 6.61 Å². The zero-order chi connectivity index (χ0) is 20.4. The van der Waals surface area contributed by atoms with Crippen molar-refractivity contribution >= 4 is 28.9 Å². The summed E-state index contributed by atoms with van der Waals surface area (Å²) in [5, 5.41) is 5.87. The molecule has 0 aliphatic carbocycles.